The lowest BCUT2D eigenvalue weighted by molar-refractivity contribution is 0.251. The highest BCUT2D eigenvalue weighted by Gasteiger charge is 2.08. The zero-order valence-corrected chi connectivity index (χ0v) is 15.9. The van der Waals surface area contributed by atoms with Crippen molar-refractivity contribution in [3.8, 4) is 0 Å². The number of pyridine rings is 1. The minimum Gasteiger partial charge on any atom is -0.396 e. The van der Waals surface area contributed by atoms with Crippen molar-refractivity contribution >= 4 is 29.9 Å². The van der Waals surface area contributed by atoms with E-state index in [2.05, 4.69) is 34.5 Å². The third-order valence-electron chi connectivity index (χ3n) is 3.26. The minimum atomic E-state index is 0. The van der Waals surface area contributed by atoms with Gasteiger partial charge in [0.2, 0.25) is 0 Å². The Morgan fingerprint density at radius 3 is 2.68 bits per heavy atom. The fourth-order valence-corrected chi connectivity index (χ4v) is 2.17. The lowest BCUT2D eigenvalue weighted by atomic mass is 10.0. The van der Waals surface area contributed by atoms with E-state index in [9.17, 15) is 0 Å². The van der Waals surface area contributed by atoms with Gasteiger partial charge in [-0.2, -0.15) is 0 Å². The van der Waals surface area contributed by atoms with E-state index in [1.807, 2.05) is 18.2 Å². The van der Waals surface area contributed by atoms with Gasteiger partial charge in [-0.05, 0) is 37.8 Å². The molecule has 0 aliphatic rings. The third kappa shape index (κ3) is 9.19. The van der Waals surface area contributed by atoms with Crippen LogP contribution in [0.1, 0.15) is 38.8 Å². The summed E-state index contributed by atoms with van der Waals surface area (Å²) in [6, 6.07) is 5.84. The fraction of sp³-hybridized carbons (Fsp3) is 0.625. The number of nitrogens with zero attached hydrogens (tertiary/aromatic N) is 2. The SMILES string of the molecule is CCCC(CCO)CNC(=NCc1ccccn1)NCC.I. The molecule has 0 saturated carbocycles. The van der Waals surface area contributed by atoms with Crippen molar-refractivity contribution < 1.29 is 5.11 Å². The summed E-state index contributed by atoms with van der Waals surface area (Å²) in [6.45, 7) is 6.69. The van der Waals surface area contributed by atoms with Crippen LogP contribution < -0.4 is 10.6 Å². The van der Waals surface area contributed by atoms with Gasteiger partial charge in [-0.15, -0.1) is 24.0 Å². The minimum absolute atomic E-state index is 0. The first-order chi connectivity index (χ1) is 10.3. The highest BCUT2D eigenvalue weighted by atomic mass is 127. The van der Waals surface area contributed by atoms with E-state index in [0.717, 1.165) is 44.0 Å². The molecule has 5 nitrogen and oxygen atoms in total. The van der Waals surface area contributed by atoms with Crippen LogP contribution in [0, 0.1) is 5.92 Å². The van der Waals surface area contributed by atoms with Crippen LogP contribution in [-0.4, -0.2) is 35.7 Å². The summed E-state index contributed by atoms with van der Waals surface area (Å²) >= 11 is 0. The van der Waals surface area contributed by atoms with Crippen molar-refractivity contribution in [3.63, 3.8) is 0 Å². The van der Waals surface area contributed by atoms with Crippen molar-refractivity contribution in [3.05, 3.63) is 30.1 Å². The van der Waals surface area contributed by atoms with Gasteiger partial charge in [-0.3, -0.25) is 4.98 Å². The molecule has 1 atom stereocenters. The molecule has 22 heavy (non-hydrogen) atoms. The molecule has 126 valence electrons. The Labute approximate surface area is 151 Å². The molecule has 0 aliphatic heterocycles. The molecular weight excluding hydrogens is 391 g/mol. The predicted molar refractivity (Wildman–Crippen MR) is 103 cm³/mol. The summed E-state index contributed by atoms with van der Waals surface area (Å²) in [7, 11) is 0. The smallest absolute Gasteiger partial charge is 0.191 e. The summed E-state index contributed by atoms with van der Waals surface area (Å²) < 4.78 is 0. The van der Waals surface area contributed by atoms with Crippen molar-refractivity contribution in [1.29, 1.82) is 0 Å². The maximum absolute atomic E-state index is 9.10. The molecule has 1 aromatic heterocycles. The first-order valence-electron chi connectivity index (χ1n) is 7.83. The zero-order chi connectivity index (χ0) is 15.3. The average molecular weight is 420 g/mol. The number of aliphatic hydroxyl groups is 1. The average Bonchev–Trinajstić information content (AvgIpc) is 2.51. The molecule has 0 amide bonds. The number of halogens is 1. The van der Waals surface area contributed by atoms with E-state index >= 15 is 0 Å². The monoisotopic (exact) mass is 420 g/mol. The van der Waals surface area contributed by atoms with Gasteiger partial charge in [0, 0.05) is 25.9 Å². The summed E-state index contributed by atoms with van der Waals surface area (Å²) in [5.41, 5.74) is 0.954. The maximum atomic E-state index is 9.10. The van der Waals surface area contributed by atoms with E-state index in [-0.39, 0.29) is 30.6 Å². The molecule has 0 aliphatic carbocycles. The Hall–Kier alpha value is -0.890. The van der Waals surface area contributed by atoms with Gasteiger partial charge in [-0.25, -0.2) is 4.99 Å². The van der Waals surface area contributed by atoms with Crippen molar-refractivity contribution in [2.45, 2.75) is 39.7 Å². The quantitative estimate of drug-likeness (QED) is 0.326. The molecule has 1 heterocycles. The lowest BCUT2D eigenvalue weighted by Gasteiger charge is -2.18. The Morgan fingerprint density at radius 2 is 2.09 bits per heavy atom. The number of guanidine groups is 1. The van der Waals surface area contributed by atoms with Gasteiger partial charge in [0.1, 0.15) is 0 Å². The number of hydrogen-bond donors (Lipinski definition) is 3. The molecule has 0 aromatic carbocycles. The Kier molecular flexibility index (Phi) is 13.2. The van der Waals surface area contributed by atoms with Crippen LogP contribution in [0.4, 0.5) is 0 Å². The molecule has 0 saturated heterocycles. The summed E-state index contributed by atoms with van der Waals surface area (Å²) in [5.74, 6) is 1.29. The van der Waals surface area contributed by atoms with E-state index in [4.69, 9.17) is 5.11 Å². The molecule has 0 radical (unpaired) electrons. The van der Waals surface area contributed by atoms with E-state index in [0.29, 0.717) is 12.5 Å². The zero-order valence-electron chi connectivity index (χ0n) is 13.6. The maximum Gasteiger partial charge on any atom is 0.191 e. The van der Waals surface area contributed by atoms with Crippen molar-refractivity contribution in [2.24, 2.45) is 10.9 Å². The van der Waals surface area contributed by atoms with Crippen LogP contribution >= 0.6 is 24.0 Å². The first-order valence-corrected chi connectivity index (χ1v) is 7.83. The van der Waals surface area contributed by atoms with Gasteiger partial charge in [0.15, 0.2) is 5.96 Å². The fourth-order valence-electron chi connectivity index (χ4n) is 2.17. The third-order valence-corrected chi connectivity index (χ3v) is 3.26. The van der Waals surface area contributed by atoms with Crippen molar-refractivity contribution in [2.75, 3.05) is 19.7 Å². The Balaban J connectivity index is 0.00000441. The molecular formula is C16H29IN4O. The summed E-state index contributed by atoms with van der Waals surface area (Å²) in [6.07, 6.45) is 4.87. The van der Waals surface area contributed by atoms with Crippen LogP contribution in [-0.2, 0) is 6.54 Å². The number of nitrogens with one attached hydrogen (secondary N) is 2. The molecule has 0 spiro atoms. The second-order valence-electron chi connectivity index (χ2n) is 5.06. The molecule has 1 unspecified atom stereocenters. The van der Waals surface area contributed by atoms with E-state index in [1.54, 1.807) is 6.20 Å². The van der Waals surface area contributed by atoms with Crippen LogP contribution in [0.25, 0.3) is 0 Å². The molecule has 3 N–H and O–H groups in total. The lowest BCUT2D eigenvalue weighted by Crippen LogP contribution is -2.40. The Morgan fingerprint density at radius 1 is 1.27 bits per heavy atom. The molecule has 0 fully saturated rings. The Bertz CT molecular complexity index is 394. The van der Waals surface area contributed by atoms with Crippen LogP contribution in [0.3, 0.4) is 0 Å². The van der Waals surface area contributed by atoms with E-state index < -0.39 is 0 Å². The van der Waals surface area contributed by atoms with Gasteiger partial charge in [0.05, 0.1) is 12.2 Å². The second kappa shape index (κ2) is 13.8. The number of rotatable bonds is 9. The van der Waals surface area contributed by atoms with Gasteiger partial charge < -0.3 is 15.7 Å². The second-order valence-corrected chi connectivity index (χ2v) is 5.06. The van der Waals surface area contributed by atoms with Crippen LogP contribution in [0.15, 0.2) is 29.4 Å². The number of aromatic nitrogens is 1. The highest BCUT2D eigenvalue weighted by Crippen LogP contribution is 2.09. The van der Waals surface area contributed by atoms with Gasteiger partial charge in [-0.1, -0.05) is 19.4 Å². The number of aliphatic imine (C=N–C) groups is 1. The number of hydrogen-bond acceptors (Lipinski definition) is 3. The first kappa shape index (κ1) is 21.1. The predicted octanol–water partition coefficient (Wildman–Crippen LogP) is 2.55. The van der Waals surface area contributed by atoms with Crippen LogP contribution in [0.2, 0.25) is 0 Å². The topological polar surface area (TPSA) is 69.5 Å². The van der Waals surface area contributed by atoms with Gasteiger partial charge >= 0.3 is 0 Å². The van der Waals surface area contributed by atoms with Crippen LogP contribution in [0.5, 0.6) is 0 Å². The summed E-state index contributed by atoms with van der Waals surface area (Å²) in [5, 5.41) is 15.7. The number of aliphatic hydroxyl groups excluding tert-OH is 1. The largest absolute Gasteiger partial charge is 0.396 e. The normalized spacial score (nSPS) is 12.4. The van der Waals surface area contributed by atoms with E-state index in [1.165, 1.54) is 0 Å². The molecule has 1 aromatic rings. The standard InChI is InChI=1S/C16H28N4O.HI/c1-3-7-14(9-11-21)12-19-16(17-4-2)20-13-15-8-5-6-10-18-15;/h5-6,8,10,14,21H,3-4,7,9,11-13H2,1-2H3,(H2,17,19,20);1H. The molecule has 1 rings (SSSR count). The molecule has 0 bridgehead atoms. The molecule has 6 heteroatoms. The van der Waals surface area contributed by atoms with Crippen molar-refractivity contribution in [1.82, 2.24) is 15.6 Å². The summed E-state index contributed by atoms with van der Waals surface area (Å²) in [4.78, 5) is 8.81. The highest BCUT2D eigenvalue weighted by molar-refractivity contribution is 14.0. The van der Waals surface area contributed by atoms with Gasteiger partial charge in [0.25, 0.3) is 0 Å².